The molecular weight excluding hydrogens is 427 g/mol. The van der Waals surface area contributed by atoms with Crippen LogP contribution in [0.3, 0.4) is 0 Å². The first-order chi connectivity index (χ1) is 15.2. The number of benzene rings is 3. The highest BCUT2D eigenvalue weighted by Crippen LogP contribution is 2.45. The van der Waals surface area contributed by atoms with E-state index in [2.05, 4.69) is 49.5 Å². The smallest absolute Gasteiger partial charge is 0.376 e. The van der Waals surface area contributed by atoms with Gasteiger partial charge in [0, 0.05) is 16.9 Å². The van der Waals surface area contributed by atoms with Crippen LogP contribution in [0.5, 0.6) is 0 Å². The Morgan fingerprint density at radius 1 is 0.812 bits per heavy atom. The predicted molar refractivity (Wildman–Crippen MR) is 130 cm³/mol. The second-order valence-corrected chi connectivity index (χ2v) is 9.68. The molecule has 0 aliphatic carbocycles. The normalized spacial score (nSPS) is 15.0. The highest BCUT2D eigenvalue weighted by Gasteiger charge is 2.35. The number of alkyl halides is 3. The number of hydrogen-bond donors (Lipinski definition) is 1. The minimum absolute atomic E-state index is 0.207. The lowest BCUT2D eigenvalue weighted by atomic mass is 9.87. The van der Waals surface area contributed by atoms with Crippen LogP contribution in [0.25, 0.3) is 16.7 Å². The van der Waals surface area contributed by atoms with Crippen LogP contribution in [-0.2, 0) is 12.6 Å². The molecule has 0 fully saturated rings. The molecule has 4 rings (SSSR count). The van der Waals surface area contributed by atoms with Crippen LogP contribution in [0.15, 0.2) is 78.9 Å². The van der Waals surface area contributed by atoms with Crippen LogP contribution in [0.4, 0.5) is 18.9 Å². The van der Waals surface area contributed by atoms with Crippen LogP contribution in [0, 0.1) is 0 Å². The number of nitrogens with one attached hydrogen (secondary N) is 1. The molecule has 1 N–H and O–H groups in total. The van der Waals surface area contributed by atoms with Gasteiger partial charge in [0.1, 0.15) is 0 Å². The zero-order chi connectivity index (χ0) is 22.8. The molecule has 0 unspecified atom stereocenters. The van der Waals surface area contributed by atoms with E-state index in [-0.39, 0.29) is 11.1 Å². The van der Waals surface area contributed by atoms with Gasteiger partial charge in [0.05, 0.1) is 16.8 Å². The van der Waals surface area contributed by atoms with Gasteiger partial charge in [-0.1, -0.05) is 72.8 Å². The molecule has 166 valence electrons. The van der Waals surface area contributed by atoms with Gasteiger partial charge >= 0.3 is 6.18 Å². The first-order valence-corrected chi connectivity index (χ1v) is 11.8. The number of hydrogen-bond acceptors (Lipinski definition) is 2. The molecule has 1 aliphatic heterocycles. The summed E-state index contributed by atoms with van der Waals surface area (Å²) < 4.78 is 41.1. The van der Waals surface area contributed by atoms with Gasteiger partial charge in [-0.25, -0.2) is 0 Å². The average Bonchev–Trinajstić information content (AvgIpc) is 2.76. The Morgan fingerprint density at radius 2 is 1.47 bits per heavy atom. The molecule has 0 atom stereocenters. The zero-order valence-corrected chi connectivity index (χ0v) is 19.0. The van der Waals surface area contributed by atoms with Gasteiger partial charge in [0.25, 0.3) is 0 Å². The summed E-state index contributed by atoms with van der Waals surface area (Å²) in [7, 11) is 0. The Hall–Kier alpha value is -2.66. The van der Waals surface area contributed by atoms with Gasteiger partial charge in [0.2, 0.25) is 0 Å². The molecule has 0 saturated carbocycles. The van der Waals surface area contributed by atoms with E-state index in [1.165, 1.54) is 11.6 Å². The molecule has 5 heteroatoms. The molecule has 32 heavy (non-hydrogen) atoms. The Kier molecular flexibility index (Phi) is 6.38. The van der Waals surface area contributed by atoms with Gasteiger partial charge in [-0.2, -0.15) is 24.9 Å². The van der Waals surface area contributed by atoms with Crippen molar-refractivity contribution >= 4 is 23.0 Å². The number of thioether (sulfide) groups is 1. The molecule has 0 saturated heterocycles. The van der Waals surface area contributed by atoms with Crippen LogP contribution >= 0.6 is 11.8 Å². The number of aryl methyl sites for hydroxylation is 1. The second-order valence-electron chi connectivity index (χ2n) is 8.58. The first kappa shape index (κ1) is 22.5. The standard InChI is InChI=1S/C27H26F3NS/c1-26(2)17-20(18-32-16-15-19-9-4-3-5-10-19)21-12-8-13-23(25(21)31-26)22-11-6-7-14-24(22)27(28,29)30/h3-14,17,31H,15-16,18H2,1-2H3. The third-order valence-electron chi connectivity index (χ3n) is 5.55. The van der Waals surface area contributed by atoms with Crippen molar-refractivity contribution in [2.75, 3.05) is 16.8 Å². The fourth-order valence-corrected chi connectivity index (χ4v) is 5.14. The SMILES string of the molecule is CC1(C)C=C(CSCCc2ccccc2)c2cccc(-c3ccccc3C(F)(F)F)c2N1. The van der Waals surface area contributed by atoms with Gasteiger partial charge in [-0.3, -0.25) is 0 Å². The number of halogens is 3. The van der Waals surface area contributed by atoms with Crippen molar-refractivity contribution in [1.29, 1.82) is 0 Å². The topological polar surface area (TPSA) is 12.0 Å². The van der Waals surface area contributed by atoms with Crippen LogP contribution < -0.4 is 5.32 Å². The average molecular weight is 454 g/mol. The largest absolute Gasteiger partial charge is 0.417 e. The molecule has 0 radical (unpaired) electrons. The van der Waals surface area contributed by atoms with E-state index in [9.17, 15) is 13.2 Å². The summed E-state index contributed by atoms with van der Waals surface area (Å²) in [6, 6.07) is 21.8. The van der Waals surface area contributed by atoms with E-state index in [1.807, 2.05) is 30.0 Å². The fraction of sp³-hybridized carbons (Fsp3) is 0.259. The van der Waals surface area contributed by atoms with E-state index in [4.69, 9.17) is 0 Å². The van der Waals surface area contributed by atoms with Crippen molar-refractivity contribution in [2.45, 2.75) is 32.0 Å². The minimum atomic E-state index is -4.41. The molecule has 1 nitrogen and oxygen atoms in total. The van der Waals surface area contributed by atoms with Crippen LogP contribution in [0.2, 0.25) is 0 Å². The van der Waals surface area contributed by atoms with Crippen molar-refractivity contribution in [3.8, 4) is 11.1 Å². The minimum Gasteiger partial charge on any atom is -0.376 e. The quantitative estimate of drug-likeness (QED) is 0.380. The van der Waals surface area contributed by atoms with Crippen LogP contribution in [0.1, 0.15) is 30.5 Å². The maximum Gasteiger partial charge on any atom is 0.417 e. The third kappa shape index (κ3) is 5.04. The van der Waals surface area contributed by atoms with Crippen molar-refractivity contribution in [2.24, 2.45) is 0 Å². The van der Waals surface area contributed by atoms with E-state index in [0.717, 1.165) is 40.8 Å². The highest BCUT2D eigenvalue weighted by atomic mass is 32.2. The number of fused-ring (bicyclic) bond motifs is 1. The Balaban J connectivity index is 1.63. The second kappa shape index (κ2) is 9.07. The highest BCUT2D eigenvalue weighted by molar-refractivity contribution is 7.99. The first-order valence-electron chi connectivity index (χ1n) is 10.7. The lowest BCUT2D eigenvalue weighted by molar-refractivity contribution is -0.137. The molecule has 1 heterocycles. The summed E-state index contributed by atoms with van der Waals surface area (Å²) in [5.41, 5.74) is 4.05. The molecule has 0 bridgehead atoms. The van der Waals surface area contributed by atoms with Gasteiger partial charge in [-0.05, 0) is 48.8 Å². The van der Waals surface area contributed by atoms with Crippen molar-refractivity contribution < 1.29 is 13.2 Å². The monoisotopic (exact) mass is 453 g/mol. The predicted octanol–water partition coefficient (Wildman–Crippen LogP) is 7.94. The van der Waals surface area contributed by atoms with Gasteiger partial charge < -0.3 is 5.32 Å². The molecule has 0 spiro atoms. The van der Waals surface area contributed by atoms with Gasteiger partial charge in [-0.15, -0.1) is 0 Å². The molecule has 1 aliphatic rings. The molecule has 0 amide bonds. The Morgan fingerprint density at radius 3 is 2.22 bits per heavy atom. The third-order valence-corrected chi connectivity index (χ3v) is 6.56. The maximum absolute atomic E-state index is 13.7. The number of para-hydroxylation sites is 1. The zero-order valence-electron chi connectivity index (χ0n) is 18.2. The lowest BCUT2D eigenvalue weighted by Crippen LogP contribution is -2.32. The summed E-state index contributed by atoms with van der Waals surface area (Å²) >= 11 is 1.85. The molecular formula is C27H26F3NS. The molecule has 3 aromatic rings. The van der Waals surface area contributed by atoms with E-state index in [0.29, 0.717) is 5.56 Å². The number of rotatable bonds is 6. The summed E-state index contributed by atoms with van der Waals surface area (Å²) in [5, 5.41) is 3.48. The Bertz CT molecular complexity index is 1120. The van der Waals surface area contributed by atoms with E-state index >= 15 is 0 Å². The maximum atomic E-state index is 13.7. The van der Waals surface area contributed by atoms with Gasteiger partial charge in [0.15, 0.2) is 0 Å². The van der Waals surface area contributed by atoms with E-state index in [1.54, 1.807) is 18.2 Å². The fourth-order valence-electron chi connectivity index (χ4n) is 4.15. The van der Waals surface area contributed by atoms with Crippen molar-refractivity contribution in [1.82, 2.24) is 0 Å². The van der Waals surface area contributed by atoms with Crippen molar-refractivity contribution in [3.63, 3.8) is 0 Å². The Labute approximate surface area is 191 Å². The summed E-state index contributed by atoms with van der Waals surface area (Å²) in [4.78, 5) is 0. The van der Waals surface area contributed by atoms with Crippen LogP contribution in [-0.4, -0.2) is 17.0 Å². The lowest BCUT2D eigenvalue weighted by Gasteiger charge is -2.34. The summed E-state index contributed by atoms with van der Waals surface area (Å²) in [6.07, 6.45) is -1.22. The summed E-state index contributed by atoms with van der Waals surface area (Å²) in [5.74, 6) is 1.80. The summed E-state index contributed by atoms with van der Waals surface area (Å²) in [6.45, 7) is 4.11. The van der Waals surface area contributed by atoms with E-state index < -0.39 is 11.7 Å². The van der Waals surface area contributed by atoms with Crippen molar-refractivity contribution in [3.05, 3.63) is 95.6 Å². The molecule has 3 aromatic carbocycles. The number of anilines is 1. The molecule has 0 aromatic heterocycles.